The van der Waals surface area contributed by atoms with Crippen LogP contribution in [0, 0.1) is 5.41 Å². The molecule has 0 radical (unpaired) electrons. The molecule has 2 rings (SSSR count). The highest BCUT2D eigenvalue weighted by atomic mass is 35.5. The van der Waals surface area contributed by atoms with E-state index in [2.05, 4.69) is 35.6 Å². The zero-order valence-electron chi connectivity index (χ0n) is 11.5. The third-order valence-corrected chi connectivity index (χ3v) is 3.90. The van der Waals surface area contributed by atoms with Crippen molar-refractivity contribution in [3.8, 4) is 0 Å². The lowest BCUT2D eigenvalue weighted by Crippen LogP contribution is -2.26. The molecule has 1 fully saturated rings. The molecule has 1 saturated heterocycles. The second-order valence-corrected chi connectivity index (χ2v) is 6.21. The fourth-order valence-corrected chi connectivity index (χ4v) is 2.62. The van der Waals surface area contributed by atoms with Gasteiger partial charge in [0.2, 0.25) is 0 Å². The molecule has 0 spiro atoms. The van der Waals surface area contributed by atoms with Crippen molar-refractivity contribution in [2.45, 2.75) is 46.5 Å². The first-order valence-corrected chi connectivity index (χ1v) is 7.16. The minimum atomic E-state index is 0.444. The quantitative estimate of drug-likeness (QED) is 0.765. The maximum absolute atomic E-state index is 6.07. The Hall–Kier alpha value is -0.830. The van der Waals surface area contributed by atoms with E-state index in [0.29, 0.717) is 10.6 Å². The van der Waals surface area contributed by atoms with Crippen LogP contribution in [0.2, 0.25) is 5.15 Å². The molecule has 0 N–H and O–H groups in total. The number of aromatic nitrogens is 2. The lowest BCUT2D eigenvalue weighted by Gasteiger charge is -2.24. The zero-order chi connectivity index (χ0) is 13.2. The summed E-state index contributed by atoms with van der Waals surface area (Å²) < 4.78 is 0. The first kappa shape index (κ1) is 13.6. The van der Waals surface area contributed by atoms with E-state index in [1.54, 1.807) is 0 Å². The van der Waals surface area contributed by atoms with Gasteiger partial charge in [-0.1, -0.05) is 32.4 Å². The van der Waals surface area contributed by atoms with Crippen LogP contribution in [0.15, 0.2) is 6.07 Å². The van der Waals surface area contributed by atoms with Crippen molar-refractivity contribution in [3.05, 3.63) is 17.0 Å². The third kappa shape index (κ3) is 3.35. The van der Waals surface area contributed by atoms with Gasteiger partial charge in [-0.25, -0.2) is 9.97 Å². The summed E-state index contributed by atoms with van der Waals surface area (Å²) in [6.07, 6.45) is 4.53. The summed E-state index contributed by atoms with van der Waals surface area (Å²) in [7, 11) is 0. The Kier molecular flexibility index (Phi) is 4.10. The van der Waals surface area contributed by atoms with Crippen LogP contribution in [0.25, 0.3) is 0 Å². The van der Waals surface area contributed by atoms with Crippen LogP contribution >= 0.6 is 11.6 Å². The van der Waals surface area contributed by atoms with Gasteiger partial charge in [-0.2, -0.15) is 0 Å². The highest BCUT2D eigenvalue weighted by Crippen LogP contribution is 2.31. The molecule has 1 aromatic heterocycles. The van der Waals surface area contributed by atoms with Gasteiger partial charge < -0.3 is 4.90 Å². The second kappa shape index (κ2) is 5.43. The minimum Gasteiger partial charge on any atom is -0.356 e. The van der Waals surface area contributed by atoms with E-state index in [1.807, 2.05) is 6.07 Å². The first-order chi connectivity index (χ1) is 8.50. The fourth-order valence-electron chi connectivity index (χ4n) is 2.42. The molecule has 0 aliphatic carbocycles. The molecular formula is C14H22ClN3. The molecule has 0 unspecified atom stereocenters. The first-order valence-electron chi connectivity index (χ1n) is 6.78. The lowest BCUT2D eigenvalue weighted by molar-refractivity contribution is 0.325. The topological polar surface area (TPSA) is 29.0 Å². The van der Waals surface area contributed by atoms with Gasteiger partial charge in [0.1, 0.15) is 16.8 Å². The number of hydrogen-bond donors (Lipinski definition) is 0. The lowest BCUT2D eigenvalue weighted by atomic mass is 9.85. The molecule has 0 atom stereocenters. The molecule has 0 aromatic carbocycles. The molecule has 3 nitrogen and oxygen atoms in total. The molecule has 0 saturated carbocycles. The molecule has 4 heteroatoms. The molecule has 1 aliphatic heterocycles. The summed E-state index contributed by atoms with van der Waals surface area (Å²) in [5.41, 5.74) is 0.444. The second-order valence-electron chi connectivity index (χ2n) is 5.82. The van der Waals surface area contributed by atoms with E-state index >= 15 is 0 Å². The average Bonchev–Trinajstić information content (AvgIpc) is 2.49. The molecule has 18 heavy (non-hydrogen) atoms. The minimum absolute atomic E-state index is 0.444. The normalized spacial score (nSPS) is 19.7. The van der Waals surface area contributed by atoms with Crippen molar-refractivity contribution in [2.24, 2.45) is 5.41 Å². The smallest absolute Gasteiger partial charge is 0.134 e. The zero-order valence-corrected chi connectivity index (χ0v) is 12.3. The Balaban J connectivity index is 2.18. The third-order valence-electron chi connectivity index (χ3n) is 3.71. The molecular weight excluding hydrogens is 246 g/mol. The van der Waals surface area contributed by atoms with E-state index < -0.39 is 0 Å². The van der Waals surface area contributed by atoms with Gasteiger partial charge >= 0.3 is 0 Å². The van der Waals surface area contributed by atoms with Gasteiger partial charge in [0.15, 0.2) is 0 Å². The predicted molar refractivity (Wildman–Crippen MR) is 76.3 cm³/mol. The molecule has 1 aromatic rings. The standard InChI is InChI=1S/C14H22ClN3/c1-4-12-16-11(15)10-13(17-12)18-8-5-6-14(2,3)7-9-18/h10H,4-9H2,1-3H3. The van der Waals surface area contributed by atoms with Crippen LogP contribution in [0.3, 0.4) is 0 Å². The van der Waals surface area contributed by atoms with Crippen molar-refractivity contribution in [1.82, 2.24) is 9.97 Å². The Bertz CT molecular complexity index is 418. The van der Waals surface area contributed by atoms with Crippen LogP contribution in [-0.2, 0) is 6.42 Å². The van der Waals surface area contributed by atoms with Gasteiger partial charge in [0, 0.05) is 25.6 Å². The molecule has 0 bridgehead atoms. The van der Waals surface area contributed by atoms with Crippen LogP contribution in [0.5, 0.6) is 0 Å². The molecule has 0 amide bonds. The summed E-state index contributed by atoms with van der Waals surface area (Å²) in [6, 6.07) is 1.89. The number of aryl methyl sites for hydroxylation is 1. The van der Waals surface area contributed by atoms with E-state index in [-0.39, 0.29) is 0 Å². The van der Waals surface area contributed by atoms with Gasteiger partial charge in [-0.3, -0.25) is 0 Å². The molecule has 2 heterocycles. The monoisotopic (exact) mass is 267 g/mol. The predicted octanol–water partition coefficient (Wildman–Crippen LogP) is 3.71. The number of hydrogen-bond acceptors (Lipinski definition) is 3. The summed E-state index contributed by atoms with van der Waals surface area (Å²) >= 11 is 6.07. The van der Waals surface area contributed by atoms with Crippen LogP contribution in [0.1, 0.15) is 45.9 Å². The number of anilines is 1. The van der Waals surface area contributed by atoms with Crippen molar-refractivity contribution in [2.75, 3.05) is 18.0 Å². The number of halogens is 1. The maximum Gasteiger partial charge on any atom is 0.134 e. The van der Waals surface area contributed by atoms with Gasteiger partial charge in [0.05, 0.1) is 0 Å². The SMILES string of the molecule is CCc1nc(Cl)cc(N2CCCC(C)(C)CC2)n1. The highest BCUT2D eigenvalue weighted by Gasteiger charge is 2.23. The van der Waals surface area contributed by atoms with E-state index in [1.165, 1.54) is 19.3 Å². The van der Waals surface area contributed by atoms with Crippen LogP contribution in [-0.4, -0.2) is 23.1 Å². The average molecular weight is 268 g/mol. The van der Waals surface area contributed by atoms with Crippen molar-refractivity contribution in [3.63, 3.8) is 0 Å². The van der Waals surface area contributed by atoms with Crippen LogP contribution in [0.4, 0.5) is 5.82 Å². The van der Waals surface area contributed by atoms with Crippen molar-refractivity contribution >= 4 is 17.4 Å². The van der Waals surface area contributed by atoms with E-state index in [9.17, 15) is 0 Å². The molecule has 100 valence electrons. The van der Waals surface area contributed by atoms with Crippen molar-refractivity contribution < 1.29 is 0 Å². The Morgan fingerprint density at radius 3 is 2.78 bits per heavy atom. The van der Waals surface area contributed by atoms with Crippen LogP contribution < -0.4 is 4.90 Å². The highest BCUT2D eigenvalue weighted by molar-refractivity contribution is 6.29. The van der Waals surface area contributed by atoms with E-state index in [4.69, 9.17) is 11.6 Å². The summed E-state index contributed by atoms with van der Waals surface area (Å²) in [5.74, 6) is 1.82. The van der Waals surface area contributed by atoms with Gasteiger partial charge in [-0.05, 0) is 24.7 Å². The Morgan fingerprint density at radius 1 is 1.28 bits per heavy atom. The summed E-state index contributed by atoms with van der Waals surface area (Å²) in [6.45, 7) is 8.88. The Morgan fingerprint density at radius 2 is 2.06 bits per heavy atom. The number of nitrogens with zero attached hydrogens (tertiary/aromatic N) is 3. The van der Waals surface area contributed by atoms with Gasteiger partial charge in [0.25, 0.3) is 0 Å². The van der Waals surface area contributed by atoms with E-state index in [0.717, 1.165) is 31.2 Å². The largest absolute Gasteiger partial charge is 0.356 e. The number of rotatable bonds is 2. The Labute approximate surface area is 115 Å². The van der Waals surface area contributed by atoms with Gasteiger partial charge in [-0.15, -0.1) is 0 Å². The summed E-state index contributed by atoms with van der Waals surface area (Å²) in [5, 5.41) is 0.556. The summed E-state index contributed by atoms with van der Waals surface area (Å²) in [4.78, 5) is 11.2. The maximum atomic E-state index is 6.07. The van der Waals surface area contributed by atoms with Crippen molar-refractivity contribution in [1.29, 1.82) is 0 Å². The fraction of sp³-hybridized carbons (Fsp3) is 0.714. The molecule has 1 aliphatic rings.